The normalized spacial score (nSPS) is 27.5. The van der Waals surface area contributed by atoms with E-state index < -0.39 is 31.6 Å². The van der Waals surface area contributed by atoms with Crippen LogP contribution in [0.2, 0.25) is 18.6 Å². The Morgan fingerprint density at radius 2 is 1.92 bits per heavy atom. The van der Waals surface area contributed by atoms with Crippen molar-refractivity contribution in [3.63, 3.8) is 0 Å². The first-order valence-electron chi connectivity index (χ1n) is 13.0. The third-order valence-electron chi connectivity index (χ3n) is 8.24. The van der Waals surface area contributed by atoms with Gasteiger partial charge in [0.25, 0.3) is 5.91 Å². The average Bonchev–Trinajstić information content (AvgIpc) is 3.49. The van der Waals surface area contributed by atoms with Crippen LogP contribution >= 0.6 is 0 Å². The Hall–Kier alpha value is -2.75. The second-order valence-electron chi connectivity index (χ2n) is 10.9. The van der Waals surface area contributed by atoms with Gasteiger partial charge >= 0.3 is 0 Å². The van der Waals surface area contributed by atoms with Crippen LogP contribution in [0.3, 0.4) is 0 Å². The number of hydrogen-bond acceptors (Lipinski definition) is 5. The van der Waals surface area contributed by atoms with Crippen molar-refractivity contribution in [1.29, 1.82) is 0 Å². The number of anilines is 2. The van der Waals surface area contributed by atoms with Gasteiger partial charge in [0.2, 0.25) is 14.3 Å². The Morgan fingerprint density at radius 3 is 2.51 bits per heavy atom. The fourth-order valence-corrected chi connectivity index (χ4v) is 9.13. The number of amides is 2. The zero-order chi connectivity index (χ0) is 26.5. The summed E-state index contributed by atoms with van der Waals surface area (Å²) in [5.41, 5.74) is 1.40. The number of halogens is 1. The zero-order valence-electron chi connectivity index (χ0n) is 21.9. The molecule has 2 aromatic rings. The average molecular weight is 527 g/mol. The van der Waals surface area contributed by atoms with Gasteiger partial charge in [0, 0.05) is 42.3 Å². The topological polar surface area (TPSA) is 79.3 Å². The van der Waals surface area contributed by atoms with Crippen LogP contribution < -0.4 is 14.5 Å². The second-order valence-corrected chi connectivity index (χ2v) is 14.7. The summed E-state index contributed by atoms with van der Waals surface area (Å²) in [5, 5.41) is 9.71. The first-order valence-corrected chi connectivity index (χ1v) is 15.9. The van der Waals surface area contributed by atoms with E-state index in [4.69, 9.17) is 9.47 Å². The van der Waals surface area contributed by atoms with Crippen LogP contribution in [0.1, 0.15) is 37.3 Å². The molecule has 37 heavy (non-hydrogen) atoms. The lowest BCUT2D eigenvalue weighted by Gasteiger charge is -2.31. The molecule has 2 fully saturated rings. The van der Waals surface area contributed by atoms with Crippen LogP contribution in [-0.2, 0) is 26.5 Å². The molecule has 4 atom stereocenters. The van der Waals surface area contributed by atoms with Gasteiger partial charge in [0.15, 0.2) is 5.60 Å². The van der Waals surface area contributed by atoms with E-state index in [9.17, 15) is 14.7 Å². The van der Waals surface area contributed by atoms with Crippen LogP contribution in [0.15, 0.2) is 42.5 Å². The highest BCUT2D eigenvalue weighted by Crippen LogP contribution is 2.60. The molecule has 7 nitrogen and oxygen atoms in total. The van der Waals surface area contributed by atoms with Gasteiger partial charge in [-0.1, -0.05) is 19.1 Å². The van der Waals surface area contributed by atoms with Crippen molar-refractivity contribution >= 4 is 31.6 Å². The van der Waals surface area contributed by atoms with Crippen molar-refractivity contribution in [3.05, 3.63) is 53.6 Å². The Kier molecular flexibility index (Phi) is 6.66. The molecule has 2 saturated heterocycles. The van der Waals surface area contributed by atoms with Crippen molar-refractivity contribution in [1.82, 2.24) is 0 Å². The van der Waals surface area contributed by atoms with Crippen LogP contribution in [0, 0.1) is 5.92 Å². The van der Waals surface area contributed by atoms with E-state index in [1.54, 1.807) is 30.0 Å². The third kappa shape index (κ3) is 4.17. The van der Waals surface area contributed by atoms with E-state index in [1.165, 1.54) is 0 Å². The summed E-state index contributed by atoms with van der Waals surface area (Å²) in [6.45, 7) is 6.11. The molecule has 0 unspecified atom stereocenters. The molecule has 3 aliphatic rings. The summed E-state index contributed by atoms with van der Waals surface area (Å²) >= 11 is 0. The number of methoxy groups -OCH3 is 1. The lowest BCUT2D eigenvalue weighted by molar-refractivity contribution is -0.146. The molecular formula is C28H35FN2O5Si. The van der Waals surface area contributed by atoms with Crippen molar-refractivity contribution in [2.75, 3.05) is 30.1 Å². The highest BCUT2D eigenvalue weighted by atomic mass is 28.4. The van der Waals surface area contributed by atoms with Gasteiger partial charge in [-0.15, -0.1) is 0 Å². The molecule has 9 heteroatoms. The van der Waals surface area contributed by atoms with E-state index in [-0.39, 0.29) is 24.8 Å². The molecule has 2 aromatic carbocycles. The monoisotopic (exact) mass is 526 g/mol. The van der Waals surface area contributed by atoms with Gasteiger partial charge in [-0.05, 0) is 61.8 Å². The minimum Gasteiger partial charge on any atom is -0.497 e. The summed E-state index contributed by atoms with van der Waals surface area (Å²) in [4.78, 5) is 29.9. The van der Waals surface area contributed by atoms with E-state index in [1.807, 2.05) is 49.4 Å². The fraction of sp³-hybridized carbons (Fsp3) is 0.500. The SMILES string of the molecule is COc1ccc2c(c1)[C@@]1(O[C@H](CCO)[C@@H]([Si](C)(C)F)[C@@H]1C)C(=O)N2Cc1ccc(N2CCCC2=O)cc1. The van der Waals surface area contributed by atoms with E-state index in [2.05, 4.69) is 0 Å². The highest BCUT2D eigenvalue weighted by Gasteiger charge is 2.66. The van der Waals surface area contributed by atoms with Crippen LogP contribution in [0.25, 0.3) is 0 Å². The summed E-state index contributed by atoms with van der Waals surface area (Å²) in [6.07, 6.45) is 1.16. The maximum absolute atomic E-state index is 15.6. The van der Waals surface area contributed by atoms with Gasteiger partial charge in [0.1, 0.15) is 5.75 Å². The number of carbonyl (C=O) groups excluding carboxylic acids is 2. The molecular weight excluding hydrogens is 491 g/mol. The summed E-state index contributed by atoms with van der Waals surface area (Å²) in [7, 11) is -1.67. The number of ether oxygens (including phenoxy) is 2. The molecule has 0 saturated carbocycles. The summed E-state index contributed by atoms with van der Waals surface area (Å²) < 4.78 is 27.7. The molecule has 2 amide bonds. The second kappa shape index (κ2) is 9.52. The lowest BCUT2D eigenvalue weighted by Crippen LogP contribution is -2.45. The molecule has 1 N–H and O–H groups in total. The lowest BCUT2D eigenvalue weighted by atomic mass is 9.82. The van der Waals surface area contributed by atoms with E-state index in [0.717, 1.165) is 29.9 Å². The van der Waals surface area contributed by atoms with Gasteiger partial charge in [-0.25, -0.2) is 0 Å². The van der Waals surface area contributed by atoms with E-state index in [0.29, 0.717) is 24.3 Å². The Balaban J connectivity index is 1.52. The molecule has 3 aliphatic heterocycles. The number of rotatable bonds is 7. The van der Waals surface area contributed by atoms with Gasteiger partial charge in [-0.2, -0.15) is 0 Å². The smallest absolute Gasteiger partial charge is 0.264 e. The number of carbonyl (C=O) groups is 2. The predicted molar refractivity (Wildman–Crippen MR) is 142 cm³/mol. The molecule has 0 aromatic heterocycles. The van der Waals surface area contributed by atoms with Crippen molar-refractivity contribution in [2.45, 2.75) is 63.1 Å². The number of hydrogen-bond donors (Lipinski definition) is 1. The van der Waals surface area contributed by atoms with Gasteiger partial charge < -0.3 is 28.5 Å². The van der Waals surface area contributed by atoms with Gasteiger partial charge in [0.05, 0.1) is 25.4 Å². The first kappa shape index (κ1) is 25.9. The maximum atomic E-state index is 15.6. The van der Waals surface area contributed by atoms with E-state index >= 15 is 4.11 Å². The summed E-state index contributed by atoms with van der Waals surface area (Å²) in [6, 6.07) is 13.2. The standard InChI is InChI=1S/C28H35FN2O5Si/c1-18-26(37(3,4)29)24(13-15-32)36-28(18)22-16-21(35-2)11-12-23(22)31(27(28)34)17-19-7-9-20(10-8-19)30-14-5-6-25(30)33/h7-12,16,18,24,26,32H,5-6,13-15,17H2,1-4H3/t18-,24+,26-,28+/m0/s1. The van der Waals surface area contributed by atoms with Crippen LogP contribution in [0.4, 0.5) is 15.5 Å². The van der Waals surface area contributed by atoms with Crippen molar-refractivity contribution in [3.8, 4) is 5.75 Å². The number of benzene rings is 2. The third-order valence-corrected chi connectivity index (χ3v) is 10.7. The molecule has 1 spiro atoms. The van der Waals surface area contributed by atoms with Crippen molar-refractivity contribution in [2.24, 2.45) is 5.92 Å². The van der Waals surface area contributed by atoms with Crippen LogP contribution in [-0.4, -0.2) is 51.7 Å². The molecule has 198 valence electrons. The maximum Gasteiger partial charge on any atom is 0.264 e. The molecule has 0 bridgehead atoms. The number of fused-ring (bicyclic) bond motifs is 2. The predicted octanol–water partition coefficient (Wildman–Crippen LogP) is 4.53. The molecule has 0 radical (unpaired) electrons. The minimum absolute atomic E-state index is 0.131. The summed E-state index contributed by atoms with van der Waals surface area (Å²) in [5.74, 6) is 0.0986. The highest BCUT2D eigenvalue weighted by molar-refractivity contribution is 6.72. The Bertz CT molecular complexity index is 1200. The Labute approximate surface area is 218 Å². The quantitative estimate of drug-likeness (QED) is 0.424. The zero-order valence-corrected chi connectivity index (χ0v) is 22.9. The molecule has 5 rings (SSSR count). The number of aliphatic hydroxyl groups is 1. The largest absolute Gasteiger partial charge is 0.497 e. The minimum atomic E-state index is -3.25. The first-order chi connectivity index (χ1) is 17.6. The number of nitrogens with zero attached hydrogens (tertiary/aromatic N) is 2. The fourth-order valence-electron chi connectivity index (χ4n) is 6.59. The molecule has 0 aliphatic carbocycles. The number of aliphatic hydroxyl groups excluding tert-OH is 1. The van der Waals surface area contributed by atoms with Crippen LogP contribution in [0.5, 0.6) is 5.75 Å². The van der Waals surface area contributed by atoms with Crippen molar-refractivity contribution < 1.29 is 28.3 Å². The Morgan fingerprint density at radius 1 is 1.19 bits per heavy atom. The molecule has 3 heterocycles. The van der Waals surface area contributed by atoms with Gasteiger partial charge in [-0.3, -0.25) is 9.59 Å².